The second-order valence-electron chi connectivity index (χ2n) is 6.90. The monoisotopic (exact) mass is 281 g/mol. The lowest BCUT2D eigenvalue weighted by atomic mass is 9.91. The number of nitrogens with one attached hydrogen (secondary N) is 2. The molecule has 2 N–H and O–H groups in total. The number of hydrogen-bond acceptors (Lipinski definition) is 3. The van der Waals surface area contributed by atoms with Gasteiger partial charge in [-0.1, -0.05) is 13.8 Å². The average molecular weight is 281 g/mol. The number of hydrogen-bond donors (Lipinski definition) is 2. The first-order valence-corrected chi connectivity index (χ1v) is 8.28. The first-order valence-electron chi connectivity index (χ1n) is 8.28. The third-order valence-corrected chi connectivity index (χ3v) is 4.92. The molecule has 0 spiro atoms. The molecule has 1 amide bonds. The number of carbonyl (C=O) groups is 1. The van der Waals surface area contributed by atoms with Crippen LogP contribution in [-0.2, 0) is 4.79 Å². The largest absolute Gasteiger partial charge is 0.356 e. The van der Waals surface area contributed by atoms with E-state index in [2.05, 4.69) is 36.4 Å². The van der Waals surface area contributed by atoms with Crippen LogP contribution in [0.3, 0.4) is 0 Å². The van der Waals surface area contributed by atoms with Gasteiger partial charge in [0.2, 0.25) is 5.91 Å². The van der Waals surface area contributed by atoms with Crippen molar-refractivity contribution in [1.82, 2.24) is 15.5 Å². The molecule has 0 aliphatic carbocycles. The zero-order chi connectivity index (χ0) is 14.5. The lowest BCUT2D eigenvalue weighted by Crippen LogP contribution is -2.43. The van der Waals surface area contributed by atoms with E-state index in [1.165, 1.54) is 25.7 Å². The predicted molar refractivity (Wildman–Crippen MR) is 82.7 cm³/mol. The minimum Gasteiger partial charge on any atom is -0.356 e. The van der Waals surface area contributed by atoms with Crippen LogP contribution < -0.4 is 10.6 Å². The molecule has 0 aromatic rings. The summed E-state index contributed by atoms with van der Waals surface area (Å²) in [6, 6.07) is 2.05. The molecule has 0 aromatic heterocycles. The van der Waals surface area contributed by atoms with Crippen LogP contribution in [-0.4, -0.2) is 49.1 Å². The van der Waals surface area contributed by atoms with Gasteiger partial charge in [-0.3, -0.25) is 4.79 Å². The van der Waals surface area contributed by atoms with Gasteiger partial charge in [0.1, 0.15) is 0 Å². The predicted octanol–water partition coefficient (Wildman–Crippen LogP) is 1.75. The fourth-order valence-corrected chi connectivity index (χ4v) is 3.68. The summed E-state index contributed by atoms with van der Waals surface area (Å²) in [5.74, 6) is 0.920. The van der Waals surface area contributed by atoms with Crippen molar-refractivity contribution in [1.29, 1.82) is 0 Å². The minimum atomic E-state index is 0.224. The van der Waals surface area contributed by atoms with Gasteiger partial charge in [-0.05, 0) is 51.6 Å². The highest BCUT2D eigenvalue weighted by Gasteiger charge is 2.38. The highest BCUT2D eigenvalue weighted by atomic mass is 16.1. The molecule has 0 aromatic carbocycles. The molecule has 4 heteroatoms. The number of rotatable bonds is 7. The molecule has 0 radical (unpaired) electrons. The van der Waals surface area contributed by atoms with Crippen LogP contribution in [0, 0.1) is 5.92 Å². The lowest BCUT2D eigenvalue weighted by Gasteiger charge is -2.36. The molecule has 2 aliphatic rings. The van der Waals surface area contributed by atoms with Gasteiger partial charge in [0.05, 0.1) is 0 Å². The van der Waals surface area contributed by atoms with E-state index in [0.29, 0.717) is 18.4 Å². The van der Waals surface area contributed by atoms with Crippen molar-refractivity contribution in [2.75, 3.05) is 20.1 Å². The van der Waals surface area contributed by atoms with Crippen molar-refractivity contribution in [3.05, 3.63) is 0 Å². The molecule has 2 atom stereocenters. The summed E-state index contributed by atoms with van der Waals surface area (Å²) in [6.07, 6.45) is 6.82. The molecule has 20 heavy (non-hydrogen) atoms. The average Bonchev–Trinajstić information content (AvgIpc) is 2.64. The van der Waals surface area contributed by atoms with Crippen molar-refractivity contribution in [2.24, 2.45) is 5.92 Å². The third-order valence-electron chi connectivity index (χ3n) is 4.92. The molecular formula is C16H31N3O. The number of amides is 1. The fraction of sp³-hybridized carbons (Fsp3) is 0.938. The van der Waals surface area contributed by atoms with E-state index >= 15 is 0 Å². The molecule has 2 saturated heterocycles. The quantitative estimate of drug-likeness (QED) is 0.699. The smallest absolute Gasteiger partial charge is 0.220 e. The Morgan fingerprint density at radius 2 is 1.90 bits per heavy atom. The van der Waals surface area contributed by atoms with Gasteiger partial charge in [-0.2, -0.15) is 0 Å². The van der Waals surface area contributed by atoms with Crippen LogP contribution in [0.15, 0.2) is 0 Å². The van der Waals surface area contributed by atoms with Crippen molar-refractivity contribution < 1.29 is 4.79 Å². The number of nitrogens with zero attached hydrogens (tertiary/aromatic N) is 1. The highest BCUT2D eigenvalue weighted by molar-refractivity contribution is 5.75. The van der Waals surface area contributed by atoms with Gasteiger partial charge in [-0.15, -0.1) is 0 Å². The first kappa shape index (κ1) is 15.8. The summed E-state index contributed by atoms with van der Waals surface area (Å²) >= 11 is 0. The molecular weight excluding hydrogens is 250 g/mol. The lowest BCUT2D eigenvalue weighted by molar-refractivity contribution is -0.121. The summed E-state index contributed by atoms with van der Waals surface area (Å²) in [6.45, 7) is 6.09. The third kappa shape index (κ3) is 4.45. The first-order chi connectivity index (χ1) is 9.56. The molecule has 2 bridgehead atoms. The SMILES string of the molecule is CC(C)NCCCC(=O)NCC1CC2CCC(C1)N2C. The number of piperidine rings is 1. The summed E-state index contributed by atoms with van der Waals surface area (Å²) in [5, 5.41) is 6.48. The van der Waals surface area contributed by atoms with Crippen LogP contribution in [0.25, 0.3) is 0 Å². The molecule has 4 nitrogen and oxygen atoms in total. The Morgan fingerprint density at radius 1 is 1.25 bits per heavy atom. The molecule has 2 heterocycles. The van der Waals surface area contributed by atoms with E-state index in [4.69, 9.17) is 0 Å². The molecule has 0 saturated carbocycles. The van der Waals surface area contributed by atoms with E-state index in [9.17, 15) is 4.79 Å². The van der Waals surface area contributed by atoms with E-state index in [1.807, 2.05) is 0 Å². The Hall–Kier alpha value is -0.610. The molecule has 2 unspecified atom stereocenters. The van der Waals surface area contributed by atoms with E-state index in [1.54, 1.807) is 0 Å². The molecule has 116 valence electrons. The standard InChI is InChI=1S/C16H31N3O/c1-12(2)17-8-4-5-16(20)18-11-13-9-14-6-7-15(10-13)19(14)3/h12-15,17H,4-11H2,1-3H3,(H,18,20). The summed E-state index contributed by atoms with van der Waals surface area (Å²) in [5.41, 5.74) is 0. The normalized spacial score (nSPS) is 29.9. The Balaban J connectivity index is 1.57. The fourth-order valence-electron chi connectivity index (χ4n) is 3.68. The van der Waals surface area contributed by atoms with Crippen LogP contribution in [0.4, 0.5) is 0 Å². The Labute approximate surface area is 123 Å². The van der Waals surface area contributed by atoms with Crippen LogP contribution in [0.2, 0.25) is 0 Å². The maximum absolute atomic E-state index is 11.8. The molecule has 2 aliphatic heterocycles. The summed E-state index contributed by atoms with van der Waals surface area (Å²) in [7, 11) is 2.26. The maximum atomic E-state index is 11.8. The van der Waals surface area contributed by atoms with Crippen LogP contribution in [0.5, 0.6) is 0 Å². The van der Waals surface area contributed by atoms with Gasteiger partial charge in [0, 0.05) is 31.1 Å². The van der Waals surface area contributed by atoms with Gasteiger partial charge < -0.3 is 15.5 Å². The van der Waals surface area contributed by atoms with Gasteiger partial charge in [0.25, 0.3) is 0 Å². The zero-order valence-corrected chi connectivity index (χ0v) is 13.3. The van der Waals surface area contributed by atoms with E-state index in [0.717, 1.165) is 31.6 Å². The van der Waals surface area contributed by atoms with Gasteiger partial charge >= 0.3 is 0 Å². The second kappa shape index (κ2) is 7.41. The molecule has 2 rings (SSSR count). The zero-order valence-electron chi connectivity index (χ0n) is 13.3. The topological polar surface area (TPSA) is 44.4 Å². The Bertz CT molecular complexity index is 305. The van der Waals surface area contributed by atoms with Crippen molar-refractivity contribution in [2.45, 2.75) is 70.5 Å². The number of fused-ring (bicyclic) bond motifs is 2. The van der Waals surface area contributed by atoms with Crippen molar-refractivity contribution in [3.63, 3.8) is 0 Å². The highest BCUT2D eigenvalue weighted by Crippen LogP contribution is 2.36. The van der Waals surface area contributed by atoms with Crippen molar-refractivity contribution >= 4 is 5.91 Å². The maximum Gasteiger partial charge on any atom is 0.220 e. The Kier molecular flexibility index (Phi) is 5.85. The van der Waals surface area contributed by atoms with Crippen molar-refractivity contribution in [3.8, 4) is 0 Å². The van der Waals surface area contributed by atoms with E-state index in [-0.39, 0.29) is 5.91 Å². The van der Waals surface area contributed by atoms with Gasteiger partial charge in [0.15, 0.2) is 0 Å². The summed E-state index contributed by atoms with van der Waals surface area (Å²) < 4.78 is 0. The van der Waals surface area contributed by atoms with E-state index < -0.39 is 0 Å². The minimum absolute atomic E-state index is 0.224. The Morgan fingerprint density at radius 3 is 2.50 bits per heavy atom. The van der Waals surface area contributed by atoms with Gasteiger partial charge in [-0.25, -0.2) is 0 Å². The second-order valence-corrected chi connectivity index (χ2v) is 6.90. The molecule has 2 fully saturated rings. The van der Waals surface area contributed by atoms with Crippen LogP contribution >= 0.6 is 0 Å². The summed E-state index contributed by atoms with van der Waals surface area (Å²) in [4.78, 5) is 14.4. The number of carbonyl (C=O) groups excluding carboxylic acids is 1. The van der Waals surface area contributed by atoms with Crippen LogP contribution in [0.1, 0.15) is 52.4 Å².